The van der Waals surface area contributed by atoms with Gasteiger partial charge in [-0.15, -0.1) is 0 Å². The van der Waals surface area contributed by atoms with Crippen LogP contribution in [0.1, 0.15) is 33.4 Å². The summed E-state index contributed by atoms with van der Waals surface area (Å²) in [7, 11) is 3.61. The quantitative estimate of drug-likeness (QED) is 0.554. The van der Waals surface area contributed by atoms with Crippen LogP contribution in [0.25, 0.3) is 11.0 Å². The summed E-state index contributed by atoms with van der Waals surface area (Å²) in [6, 6.07) is 23.1. The molecule has 146 valence electrons. The van der Waals surface area contributed by atoms with Gasteiger partial charge >= 0.3 is 0 Å². The van der Waals surface area contributed by atoms with Crippen molar-refractivity contribution in [3.63, 3.8) is 0 Å². The number of fused-ring (bicyclic) bond motifs is 1. The number of hydrogen-bond acceptors (Lipinski definition) is 3. The van der Waals surface area contributed by atoms with Gasteiger partial charge in [-0.25, -0.2) is 4.98 Å². The van der Waals surface area contributed by atoms with Crippen molar-refractivity contribution >= 4 is 16.9 Å². The maximum atomic E-state index is 13.1. The Bertz CT molecular complexity index is 1150. The van der Waals surface area contributed by atoms with E-state index in [0.717, 1.165) is 33.7 Å². The molecule has 1 atom stereocenters. The van der Waals surface area contributed by atoms with Crippen molar-refractivity contribution in [2.24, 2.45) is 7.05 Å². The zero-order valence-corrected chi connectivity index (χ0v) is 16.7. The maximum Gasteiger partial charge on any atom is 0.252 e. The summed E-state index contributed by atoms with van der Waals surface area (Å²) in [5.41, 5.74) is 4.41. The van der Waals surface area contributed by atoms with Gasteiger partial charge in [0.15, 0.2) is 0 Å². The second-order valence-corrected chi connectivity index (χ2v) is 7.01. The first-order valence-electron chi connectivity index (χ1n) is 9.49. The Morgan fingerprint density at radius 3 is 2.38 bits per heavy atom. The van der Waals surface area contributed by atoms with E-state index in [4.69, 9.17) is 4.74 Å². The lowest BCUT2D eigenvalue weighted by atomic mass is 9.98. The van der Waals surface area contributed by atoms with Gasteiger partial charge in [-0.1, -0.05) is 42.5 Å². The van der Waals surface area contributed by atoms with Gasteiger partial charge in [-0.3, -0.25) is 4.79 Å². The molecule has 4 aromatic rings. The summed E-state index contributed by atoms with van der Waals surface area (Å²) in [6.07, 6.45) is 0. The number of carbonyl (C=O) groups excluding carboxylic acids is 1. The van der Waals surface area contributed by atoms with E-state index in [1.807, 2.05) is 91.3 Å². The number of imidazole rings is 1. The molecule has 0 saturated heterocycles. The van der Waals surface area contributed by atoms with E-state index in [0.29, 0.717) is 5.56 Å². The molecule has 0 radical (unpaired) electrons. The molecule has 0 aliphatic carbocycles. The molecule has 4 rings (SSSR count). The van der Waals surface area contributed by atoms with E-state index in [-0.39, 0.29) is 11.9 Å². The molecule has 3 aromatic carbocycles. The lowest BCUT2D eigenvalue weighted by molar-refractivity contribution is 0.0943. The van der Waals surface area contributed by atoms with E-state index in [2.05, 4.69) is 10.3 Å². The van der Waals surface area contributed by atoms with E-state index in [1.54, 1.807) is 7.11 Å². The molecule has 5 heteroatoms. The minimum atomic E-state index is -0.268. The lowest BCUT2D eigenvalue weighted by Gasteiger charge is -2.20. The van der Waals surface area contributed by atoms with Crippen LogP contribution in [0.2, 0.25) is 0 Å². The van der Waals surface area contributed by atoms with Gasteiger partial charge in [-0.2, -0.15) is 0 Å². The molecule has 1 heterocycles. The van der Waals surface area contributed by atoms with Crippen molar-refractivity contribution in [2.75, 3.05) is 7.11 Å². The van der Waals surface area contributed by atoms with Gasteiger partial charge in [0, 0.05) is 12.6 Å². The fourth-order valence-corrected chi connectivity index (χ4v) is 3.48. The van der Waals surface area contributed by atoms with Crippen LogP contribution >= 0.6 is 0 Å². The van der Waals surface area contributed by atoms with Crippen molar-refractivity contribution in [3.8, 4) is 5.75 Å². The molecule has 0 saturated carbocycles. The summed E-state index contributed by atoms with van der Waals surface area (Å²) >= 11 is 0. The topological polar surface area (TPSA) is 56.1 Å². The number of amides is 1. The van der Waals surface area contributed by atoms with Crippen LogP contribution in [-0.4, -0.2) is 22.6 Å². The second-order valence-electron chi connectivity index (χ2n) is 7.01. The number of benzene rings is 3. The third-order valence-electron chi connectivity index (χ3n) is 5.22. The Labute approximate surface area is 170 Å². The van der Waals surface area contributed by atoms with Crippen LogP contribution < -0.4 is 10.1 Å². The molecule has 0 aliphatic rings. The smallest absolute Gasteiger partial charge is 0.252 e. The highest BCUT2D eigenvalue weighted by Crippen LogP contribution is 2.25. The van der Waals surface area contributed by atoms with Gasteiger partial charge in [0.05, 0.1) is 24.2 Å². The molecule has 0 fully saturated rings. The second kappa shape index (κ2) is 7.80. The fourth-order valence-electron chi connectivity index (χ4n) is 3.48. The fraction of sp³-hybridized carbons (Fsp3) is 0.167. The van der Waals surface area contributed by atoms with Crippen LogP contribution in [0, 0.1) is 6.92 Å². The number of nitrogens with zero attached hydrogens (tertiary/aromatic N) is 2. The molecule has 0 spiro atoms. The number of ether oxygens (including phenoxy) is 1. The van der Waals surface area contributed by atoms with Crippen LogP contribution in [0.3, 0.4) is 0 Å². The Kier molecular flexibility index (Phi) is 5.04. The third-order valence-corrected chi connectivity index (χ3v) is 5.22. The zero-order chi connectivity index (χ0) is 20.4. The summed E-state index contributed by atoms with van der Waals surface area (Å²) in [5, 5.41) is 3.18. The van der Waals surface area contributed by atoms with Gasteiger partial charge in [-0.05, 0) is 48.4 Å². The maximum absolute atomic E-state index is 13.1. The highest BCUT2D eigenvalue weighted by Gasteiger charge is 2.19. The van der Waals surface area contributed by atoms with Crippen LogP contribution in [0.4, 0.5) is 0 Å². The average molecular weight is 385 g/mol. The monoisotopic (exact) mass is 385 g/mol. The number of nitrogens with one attached hydrogen (secondary N) is 1. The minimum absolute atomic E-state index is 0.139. The predicted molar refractivity (Wildman–Crippen MR) is 114 cm³/mol. The highest BCUT2D eigenvalue weighted by atomic mass is 16.5. The molecule has 1 aromatic heterocycles. The van der Waals surface area contributed by atoms with E-state index < -0.39 is 0 Å². The molecular weight excluding hydrogens is 362 g/mol. The molecule has 1 amide bonds. The summed E-state index contributed by atoms with van der Waals surface area (Å²) in [4.78, 5) is 17.6. The first-order valence-corrected chi connectivity index (χ1v) is 9.49. The number of rotatable bonds is 5. The van der Waals surface area contributed by atoms with Gasteiger partial charge < -0.3 is 14.6 Å². The first kappa shape index (κ1) is 18.7. The van der Waals surface area contributed by atoms with Gasteiger partial charge in [0.25, 0.3) is 5.91 Å². The lowest BCUT2D eigenvalue weighted by Crippen LogP contribution is -2.29. The molecule has 0 bridgehead atoms. The number of aromatic nitrogens is 2. The number of hydrogen-bond donors (Lipinski definition) is 1. The molecule has 5 nitrogen and oxygen atoms in total. The van der Waals surface area contributed by atoms with Crippen molar-refractivity contribution < 1.29 is 9.53 Å². The standard InChI is InChI=1S/C24H23N3O2/c1-16-25-21-15-19(11-14-22(21)27(16)2)24(28)26-23(17-7-5-4-6-8-17)18-9-12-20(29-3)13-10-18/h4-15,23H,1-3H3,(H,26,28). The molecule has 1 unspecified atom stereocenters. The largest absolute Gasteiger partial charge is 0.497 e. The third kappa shape index (κ3) is 3.72. The molecule has 1 N–H and O–H groups in total. The van der Waals surface area contributed by atoms with Crippen LogP contribution in [0.15, 0.2) is 72.8 Å². The zero-order valence-electron chi connectivity index (χ0n) is 16.7. The normalized spacial score (nSPS) is 12.0. The molecule has 29 heavy (non-hydrogen) atoms. The SMILES string of the molecule is COc1ccc(C(NC(=O)c2ccc3c(c2)nc(C)n3C)c2ccccc2)cc1. The van der Waals surface area contributed by atoms with Crippen LogP contribution in [-0.2, 0) is 7.05 Å². The Balaban J connectivity index is 1.67. The van der Waals surface area contributed by atoms with Crippen molar-refractivity contribution in [3.05, 3.63) is 95.3 Å². The number of aryl methyl sites for hydroxylation is 2. The van der Waals surface area contributed by atoms with Crippen LogP contribution in [0.5, 0.6) is 5.75 Å². The van der Waals surface area contributed by atoms with E-state index >= 15 is 0 Å². The van der Waals surface area contributed by atoms with E-state index in [1.165, 1.54) is 0 Å². The minimum Gasteiger partial charge on any atom is -0.497 e. The first-order chi connectivity index (χ1) is 14.1. The van der Waals surface area contributed by atoms with Gasteiger partial charge in [0.2, 0.25) is 0 Å². The predicted octanol–water partition coefficient (Wildman–Crippen LogP) is 4.41. The highest BCUT2D eigenvalue weighted by molar-refractivity contribution is 5.97. The summed E-state index contributed by atoms with van der Waals surface area (Å²) in [6.45, 7) is 1.95. The van der Waals surface area contributed by atoms with Crippen molar-refractivity contribution in [2.45, 2.75) is 13.0 Å². The Morgan fingerprint density at radius 1 is 1.00 bits per heavy atom. The van der Waals surface area contributed by atoms with E-state index in [9.17, 15) is 4.79 Å². The Hall–Kier alpha value is -3.60. The summed E-state index contributed by atoms with van der Waals surface area (Å²) < 4.78 is 7.28. The molecular formula is C24H23N3O2. The van der Waals surface area contributed by atoms with Gasteiger partial charge in [0.1, 0.15) is 11.6 Å². The summed E-state index contributed by atoms with van der Waals surface area (Å²) in [5.74, 6) is 1.56. The Morgan fingerprint density at radius 2 is 1.69 bits per heavy atom. The number of carbonyl (C=O) groups is 1. The number of methoxy groups -OCH3 is 1. The average Bonchev–Trinajstić information content (AvgIpc) is 3.05. The molecule has 0 aliphatic heterocycles. The van der Waals surface area contributed by atoms with Crippen molar-refractivity contribution in [1.82, 2.24) is 14.9 Å². The van der Waals surface area contributed by atoms with Crippen molar-refractivity contribution in [1.29, 1.82) is 0 Å².